The molecule has 0 aliphatic carbocycles. The van der Waals surface area contributed by atoms with Gasteiger partial charge in [0.2, 0.25) is 5.91 Å². The quantitative estimate of drug-likeness (QED) is 0.837. The molecular weight excluding hydrogens is 242 g/mol. The van der Waals surface area contributed by atoms with Gasteiger partial charge in [-0.15, -0.1) is 0 Å². The molecule has 1 amide bonds. The normalized spacial score (nSPS) is 10.2. The predicted molar refractivity (Wildman–Crippen MR) is 73.1 cm³/mol. The number of ether oxygens (including phenoxy) is 1. The number of amides is 1. The zero-order chi connectivity index (χ0) is 13.5. The van der Waals surface area contributed by atoms with Gasteiger partial charge in [-0.25, -0.2) is 0 Å². The molecule has 0 radical (unpaired) electrons. The third kappa shape index (κ3) is 3.84. The van der Waals surface area contributed by atoms with Gasteiger partial charge >= 0.3 is 0 Å². The first kappa shape index (κ1) is 13.1. The number of carbonyl (C=O) groups is 1. The van der Waals surface area contributed by atoms with E-state index >= 15 is 0 Å². The van der Waals surface area contributed by atoms with E-state index in [2.05, 4.69) is 15.5 Å². The fourth-order valence-electron chi connectivity index (χ4n) is 1.80. The van der Waals surface area contributed by atoms with Crippen molar-refractivity contribution in [1.29, 1.82) is 0 Å². The topological polar surface area (TPSA) is 67.0 Å². The summed E-state index contributed by atoms with van der Waals surface area (Å²) < 4.78 is 5.53. The maximum Gasteiger partial charge on any atom is 0.224 e. The van der Waals surface area contributed by atoms with E-state index in [0.717, 1.165) is 11.3 Å². The monoisotopic (exact) mass is 259 g/mol. The van der Waals surface area contributed by atoms with Crippen molar-refractivity contribution in [2.75, 3.05) is 11.9 Å². The van der Waals surface area contributed by atoms with E-state index in [1.54, 1.807) is 12.4 Å². The number of hydrogen-bond acceptors (Lipinski definition) is 3. The lowest BCUT2D eigenvalue weighted by atomic mass is 10.1. The number of H-pyrrole nitrogens is 1. The first-order valence-electron chi connectivity index (χ1n) is 6.29. The molecule has 2 aromatic rings. The summed E-state index contributed by atoms with van der Waals surface area (Å²) in [7, 11) is 0. The molecule has 0 aliphatic rings. The number of anilines is 1. The van der Waals surface area contributed by atoms with Gasteiger partial charge in [0, 0.05) is 12.6 Å². The molecule has 5 nitrogen and oxygen atoms in total. The Morgan fingerprint density at radius 3 is 3.00 bits per heavy atom. The fourth-order valence-corrected chi connectivity index (χ4v) is 1.80. The van der Waals surface area contributed by atoms with E-state index in [9.17, 15) is 4.79 Å². The Labute approximate surface area is 112 Å². The van der Waals surface area contributed by atoms with Crippen molar-refractivity contribution < 1.29 is 9.53 Å². The van der Waals surface area contributed by atoms with Crippen LogP contribution in [0.3, 0.4) is 0 Å². The molecule has 0 aliphatic heterocycles. The van der Waals surface area contributed by atoms with Crippen LogP contribution in [0.15, 0.2) is 36.7 Å². The number of aromatic amines is 1. The van der Waals surface area contributed by atoms with E-state index in [0.29, 0.717) is 25.1 Å². The van der Waals surface area contributed by atoms with Crippen molar-refractivity contribution in [3.63, 3.8) is 0 Å². The average molecular weight is 259 g/mol. The van der Waals surface area contributed by atoms with Gasteiger partial charge in [-0.05, 0) is 25.0 Å². The highest BCUT2D eigenvalue weighted by Crippen LogP contribution is 2.19. The minimum atomic E-state index is -0.0345. The maximum atomic E-state index is 11.8. The van der Waals surface area contributed by atoms with Crippen molar-refractivity contribution in [1.82, 2.24) is 10.2 Å². The minimum Gasteiger partial charge on any atom is -0.494 e. The number of carbonyl (C=O) groups excluding carboxylic acids is 1. The van der Waals surface area contributed by atoms with Gasteiger partial charge in [-0.1, -0.05) is 18.2 Å². The van der Waals surface area contributed by atoms with Crippen molar-refractivity contribution >= 4 is 11.6 Å². The summed E-state index contributed by atoms with van der Waals surface area (Å²) in [6.45, 7) is 2.57. The van der Waals surface area contributed by atoms with E-state index in [-0.39, 0.29) is 5.91 Å². The molecule has 1 aromatic heterocycles. The first-order valence-corrected chi connectivity index (χ1v) is 6.29. The third-order valence-corrected chi connectivity index (χ3v) is 2.68. The van der Waals surface area contributed by atoms with Gasteiger partial charge in [0.1, 0.15) is 5.75 Å². The van der Waals surface area contributed by atoms with Crippen LogP contribution >= 0.6 is 0 Å². The predicted octanol–water partition coefficient (Wildman–Crippen LogP) is 2.38. The Morgan fingerprint density at radius 2 is 2.26 bits per heavy atom. The third-order valence-electron chi connectivity index (χ3n) is 2.68. The molecule has 2 rings (SSSR count). The van der Waals surface area contributed by atoms with Gasteiger partial charge in [-0.2, -0.15) is 5.10 Å². The molecule has 0 spiro atoms. The van der Waals surface area contributed by atoms with Crippen LogP contribution in [0.2, 0.25) is 0 Å². The number of aryl methyl sites for hydroxylation is 1. The summed E-state index contributed by atoms with van der Waals surface area (Å²) in [6.07, 6.45) is 4.28. The average Bonchev–Trinajstić information content (AvgIpc) is 2.91. The lowest BCUT2D eigenvalue weighted by molar-refractivity contribution is -0.116. The first-order chi connectivity index (χ1) is 9.29. The molecule has 0 saturated carbocycles. The molecule has 1 heterocycles. The Hall–Kier alpha value is -2.30. The second-order valence-corrected chi connectivity index (χ2v) is 4.08. The van der Waals surface area contributed by atoms with Gasteiger partial charge in [0.15, 0.2) is 0 Å². The fraction of sp³-hybridized carbons (Fsp3) is 0.286. The zero-order valence-corrected chi connectivity index (χ0v) is 10.8. The number of nitrogens with one attached hydrogen (secondary N) is 2. The van der Waals surface area contributed by atoms with Gasteiger partial charge in [0.05, 0.1) is 18.5 Å². The van der Waals surface area contributed by atoms with E-state index in [1.165, 1.54) is 0 Å². The summed E-state index contributed by atoms with van der Waals surface area (Å²) >= 11 is 0. The highest BCUT2D eigenvalue weighted by Gasteiger charge is 2.07. The Balaban J connectivity index is 1.89. The number of rotatable bonds is 6. The summed E-state index contributed by atoms with van der Waals surface area (Å²) in [5.74, 6) is 0.814. The molecule has 0 unspecified atom stereocenters. The summed E-state index contributed by atoms with van der Waals surface area (Å²) in [5.41, 5.74) is 1.73. The van der Waals surface area contributed by atoms with Crippen molar-refractivity contribution in [3.05, 3.63) is 42.2 Å². The molecular formula is C14H17N3O2. The molecule has 1 aromatic carbocycles. The van der Waals surface area contributed by atoms with Gasteiger partial charge < -0.3 is 10.1 Å². The summed E-state index contributed by atoms with van der Waals surface area (Å²) in [5, 5.41) is 9.19. The van der Waals surface area contributed by atoms with E-state index in [4.69, 9.17) is 4.74 Å². The van der Waals surface area contributed by atoms with Crippen LogP contribution in [-0.2, 0) is 11.2 Å². The molecule has 19 heavy (non-hydrogen) atoms. The van der Waals surface area contributed by atoms with E-state index in [1.807, 2.05) is 31.2 Å². The molecule has 2 N–H and O–H groups in total. The Bertz CT molecular complexity index is 523. The maximum absolute atomic E-state index is 11.8. The van der Waals surface area contributed by atoms with Crippen molar-refractivity contribution in [2.45, 2.75) is 19.8 Å². The Morgan fingerprint density at radius 1 is 1.42 bits per heavy atom. The van der Waals surface area contributed by atoms with Crippen LogP contribution in [0.1, 0.15) is 18.9 Å². The molecule has 0 bridgehead atoms. The highest BCUT2D eigenvalue weighted by molar-refractivity contribution is 5.90. The molecule has 0 fully saturated rings. The second kappa shape index (κ2) is 6.58. The van der Waals surface area contributed by atoms with Crippen LogP contribution in [0, 0.1) is 0 Å². The van der Waals surface area contributed by atoms with Crippen LogP contribution in [0.4, 0.5) is 5.69 Å². The van der Waals surface area contributed by atoms with Crippen molar-refractivity contribution in [3.8, 4) is 5.75 Å². The zero-order valence-electron chi connectivity index (χ0n) is 10.8. The van der Waals surface area contributed by atoms with Gasteiger partial charge in [-0.3, -0.25) is 9.89 Å². The number of nitrogens with zero attached hydrogens (tertiary/aromatic N) is 1. The number of aromatic nitrogens is 2. The van der Waals surface area contributed by atoms with Crippen molar-refractivity contribution in [2.24, 2.45) is 0 Å². The minimum absolute atomic E-state index is 0.0345. The molecule has 0 saturated heterocycles. The van der Waals surface area contributed by atoms with Crippen LogP contribution in [0.5, 0.6) is 5.75 Å². The summed E-state index contributed by atoms with van der Waals surface area (Å²) in [6, 6.07) is 7.79. The van der Waals surface area contributed by atoms with E-state index < -0.39 is 0 Å². The SMILES string of the molecule is CCOc1ccccc1CCC(=O)Nc1cn[nH]c1. The standard InChI is InChI=1S/C14H17N3O2/c1-2-19-13-6-4-3-5-11(13)7-8-14(18)17-12-9-15-16-10-12/h3-6,9-10H,2,7-8H2,1H3,(H,15,16)(H,17,18). The Kier molecular flexibility index (Phi) is 4.55. The van der Waals surface area contributed by atoms with Crippen LogP contribution in [-0.4, -0.2) is 22.7 Å². The molecule has 100 valence electrons. The molecule has 5 heteroatoms. The number of benzene rings is 1. The largest absolute Gasteiger partial charge is 0.494 e. The van der Waals surface area contributed by atoms with Crippen LogP contribution < -0.4 is 10.1 Å². The highest BCUT2D eigenvalue weighted by atomic mass is 16.5. The molecule has 0 atom stereocenters. The summed E-state index contributed by atoms with van der Waals surface area (Å²) in [4.78, 5) is 11.8. The van der Waals surface area contributed by atoms with Crippen LogP contribution in [0.25, 0.3) is 0 Å². The van der Waals surface area contributed by atoms with Gasteiger partial charge in [0.25, 0.3) is 0 Å². The lowest BCUT2D eigenvalue weighted by Crippen LogP contribution is -2.12. The lowest BCUT2D eigenvalue weighted by Gasteiger charge is -2.09. The smallest absolute Gasteiger partial charge is 0.224 e. The number of hydrogen-bond donors (Lipinski definition) is 2. The number of para-hydroxylation sites is 1. The second-order valence-electron chi connectivity index (χ2n) is 4.08.